The van der Waals surface area contributed by atoms with Crippen LogP contribution in [0.4, 0.5) is 0 Å². The zero-order valence-corrected chi connectivity index (χ0v) is 6.00. The molecular formula is C8H9NO2. The Hall–Kier alpha value is -1.51. The van der Waals surface area contributed by atoms with Gasteiger partial charge in [0.05, 0.1) is 6.42 Å². The first kappa shape index (κ1) is 7.60. The lowest BCUT2D eigenvalue weighted by molar-refractivity contribution is -0.135. The van der Waals surface area contributed by atoms with Gasteiger partial charge in [0, 0.05) is 11.9 Å². The van der Waals surface area contributed by atoms with Crippen molar-refractivity contribution >= 4 is 11.5 Å². The number of carbonyl (C=O) groups is 1. The summed E-state index contributed by atoms with van der Waals surface area (Å²) in [4.78, 5) is 13.1. The van der Waals surface area contributed by atoms with Crippen molar-refractivity contribution in [1.29, 1.82) is 0 Å². The van der Waals surface area contributed by atoms with Crippen LogP contribution in [0.5, 0.6) is 0 Å². The van der Waals surface area contributed by atoms with Crippen molar-refractivity contribution < 1.29 is 9.90 Å². The number of hydrogen-bond acceptors (Lipinski definition) is 1. The summed E-state index contributed by atoms with van der Waals surface area (Å²) in [5, 5.41) is 8.41. The standard InChI is InChI=1S/C8H9NO2/c1-6(5-8(10)11)7-3-2-4-9-7/h2-4,9H,1,5H2,(H,10,11). The van der Waals surface area contributed by atoms with Gasteiger partial charge < -0.3 is 10.1 Å². The largest absolute Gasteiger partial charge is 0.481 e. The second-order valence-corrected chi connectivity index (χ2v) is 2.26. The van der Waals surface area contributed by atoms with Gasteiger partial charge in [-0.05, 0) is 17.7 Å². The lowest BCUT2D eigenvalue weighted by Gasteiger charge is -1.96. The van der Waals surface area contributed by atoms with Gasteiger partial charge in [0.15, 0.2) is 0 Å². The molecule has 0 saturated carbocycles. The molecule has 0 bridgehead atoms. The molecule has 3 nitrogen and oxygen atoms in total. The Morgan fingerprint density at radius 2 is 2.45 bits per heavy atom. The SMILES string of the molecule is C=C(CC(=O)O)c1ccc[nH]1. The van der Waals surface area contributed by atoms with Crippen LogP contribution >= 0.6 is 0 Å². The topological polar surface area (TPSA) is 53.1 Å². The van der Waals surface area contributed by atoms with E-state index in [0.717, 1.165) is 5.69 Å². The number of carboxylic acids is 1. The first-order valence-corrected chi connectivity index (χ1v) is 3.23. The summed E-state index contributed by atoms with van der Waals surface area (Å²) in [6, 6.07) is 3.60. The van der Waals surface area contributed by atoms with Crippen molar-refractivity contribution in [2.75, 3.05) is 0 Å². The number of aromatic nitrogens is 1. The Kier molecular flexibility index (Phi) is 2.11. The zero-order chi connectivity index (χ0) is 8.27. The highest BCUT2D eigenvalue weighted by molar-refractivity contribution is 5.82. The second kappa shape index (κ2) is 3.05. The molecule has 0 amide bonds. The lowest BCUT2D eigenvalue weighted by atomic mass is 10.1. The number of rotatable bonds is 3. The van der Waals surface area contributed by atoms with Gasteiger partial charge in [-0.2, -0.15) is 0 Å². The highest BCUT2D eigenvalue weighted by Gasteiger charge is 2.03. The van der Waals surface area contributed by atoms with Gasteiger partial charge in [0.2, 0.25) is 0 Å². The Morgan fingerprint density at radius 1 is 1.73 bits per heavy atom. The summed E-state index contributed by atoms with van der Waals surface area (Å²) in [5.74, 6) is -0.857. The van der Waals surface area contributed by atoms with Crippen LogP contribution in [0.25, 0.3) is 5.57 Å². The molecule has 0 spiro atoms. The molecule has 0 saturated heterocycles. The van der Waals surface area contributed by atoms with Crippen molar-refractivity contribution in [3.05, 3.63) is 30.6 Å². The van der Waals surface area contributed by atoms with E-state index < -0.39 is 5.97 Å². The molecule has 0 aliphatic carbocycles. The Balaban J connectivity index is 2.64. The summed E-state index contributed by atoms with van der Waals surface area (Å²) >= 11 is 0. The summed E-state index contributed by atoms with van der Waals surface area (Å²) < 4.78 is 0. The van der Waals surface area contributed by atoms with Crippen LogP contribution in [-0.2, 0) is 4.79 Å². The molecule has 2 N–H and O–H groups in total. The van der Waals surface area contributed by atoms with Crippen molar-refractivity contribution in [2.24, 2.45) is 0 Å². The number of nitrogens with one attached hydrogen (secondary N) is 1. The maximum Gasteiger partial charge on any atom is 0.307 e. The van der Waals surface area contributed by atoms with E-state index in [1.54, 1.807) is 12.3 Å². The van der Waals surface area contributed by atoms with Crippen LogP contribution in [-0.4, -0.2) is 16.1 Å². The number of hydrogen-bond donors (Lipinski definition) is 2. The third-order valence-corrected chi connectivity index (χ3v) is 1.34. The minimum atomic E-state index is -0.857. The normalized spacial score (nSPS) is 9.45. The van der Waals surface area contributed by atoms with Gasteiger partial charge in [-0.25, -0.2) is 0 Å². The Bertz CT molecular complexity index is 262. The van der Waals surface area contributed by atoms with E-state index >= 15 is 0 Å². The van der Waals surface area contributed by atoms with E-state index in [1.807, 2.05) is 6.07 Å². The molecule has 58 valence electrons. The molecule has 11 heavy (non-hydrogen) atoms. The molecule has 0 aromatic carbocycles. The van der Waals surface area contributed by atoms with E-state index in [1.165, 1.54) is 0 Å². The van der Waals surface area contributed by atoms with Gasteiger partial charge in [-0.3, -0.25) is 4.79 Å². The summed E-state index contributed by atoms with van der Waals surface area (Å²) in [6.45, 7) is 3.63. The van der Waals surface area contributed by atoms with Crippen LogP contribution in [0.1, 0.15) is 12.1 Å². The van der Waals surface area contributed by atoms with Crippen LogP contribution in [0.15, 0.2) is 24.9 Å². The summed E-state index contributed by atoms with van der Waals surface area (Å²) in [5.41, 5.74) is 1.38. The predicted molar refractivity (Wildman–Crippen MR) is 42.1 cm³/mol. The molecule has 0 radical (unpaired) electrons. The number of aromatic amines is 1. The van der Waals surface area contributed by atoms with Gasteiger partial charge in [-0.15, -0.1) is 0 Å². The lowest BCUT2D eigenvalue weighted by Crippen LogP contribution is -1.95. The summed E-state index contributed by atoms with van der Waals surface area (Å²) in [7, 11) is 0. The third kappa shape index (κ3) is 1.97. The molecule has 1 rings (SSSR count). The highest BCUT2D eigenvalue weighted by atomic mass is 16.4. The number of carboxylic acid groups (broad SMARTS) is 1. The molecule has 0 fully saturated rings. The number of H-pyrrole nitrogens is 1. The zero-order valence-electron chi connectivity index (χ0n) is 6.00. The fraction of sp³-hybridized carbons (Fsp3) is 0.125. The van der Waals surface area contributed by atoms with Crippen molar-refractivity contribution in [1.82, 2.24) is 4.98 Å². The molecule has 1 aromatic heterocycles. The van der Waals surface area contributed by atoms with Crippen molar-refractivity contribution in [3.63, 3.8) is 0 Å². The van der Waals surface area contributed by atoms with Crippen LogP contribution in [0, 0.1) is 0 Å². The first-order valence-electron chi connectivity index (χ1n) is 3.23. The van der Waals surface area contributed by atoms with Gasteiger partial charge in [0.1, 0.15) is 0 Å². The predicted octanol–water partition coefficient (Wildman–Crippen LogP) is 1.50. The van der Waals surface area contributed by atoms with Crippen LogP contribution < -0.4 is 0 Å². The van der Waals surface area contributed by atoms with E-state index in [0.29, 0.717) is 5.57 Å². The Morgan fingerprint density at radius 3 is 2.91 bits per heavy atom. The molecule has 3 heteroatoms. The van der Waals surface area contributed by atoms with E-state index in [2.05, 4.69) is 11.6 Å². The number of aliphatic carboxylic acids is 1. The maximum atomic E-state index is 10.2. The van der Waals surface area contributed by atoms with Gasteiger partial charge >= 0.3 is 5.97 Å². The summed E-state index contributed by atoms with van der Waals surface area (Å²) in [6.07, 6.45) is 1.73. The van der Waals surface area contributed by atoms with Crippen LogP contribution in [0.3, 0.4) is 0 Å². The molecule has 0 atom stereocenters. The first-order chi connectivity index (χ1) is 5.20. The molecular weight excluding hydrogens is 142 g/mol. The van der Waals surface area contributed by atoms with Crippen LogP contribution in [0.2, 0.25) is 0 Å². The van der Waals surface area contributed by atoms with Gasteiger partial charge in [0.25, 0.3) is 0 Å². The quantitative estimate of drug-likeness (QED) is 0.687. The minimum absolute atomic E-state index is 0.0134. The average Bonchev–Trinajstić information content (AvgIpc) is 2.35. The van der Waals surface area contributed by atoms with Crippen molar-refractivity contribution in [3.8, 4) is 0 Å². The van der Waals surface area contributed by atoms with E-state index in [-0.39, 0.29) is 6.42 Å². The molecule has 1 aromatic rings. The monoisotopic (exact) mass is 151 g/mol. The van der Waals surface area contributed by atoms with E-state index in [9.17, 15) is 4.79 Å². The van der Waals surface area contributed by atoms with Crippen molar-refractivity contribution in [2.45, 2.75) is 6.42 Å². The molecule has 0 aliphatic heterocycles. The highest BCUT2D eigenvalue weighted by Crippen LogP contribution is 2.12. The average molecular weight is 151 g/mol. The smallest absolute Gasteiger partial charge is 0.307 e. The Labute approximate surface area is 64.4 Å². The second-order valence-electron chi connectivity index (χ2n) is 2.26. The molecule has 0 unspecified atom stereocenters. The van der Waals surface area contributed by atoms with E-state index in [4.69, 9.17) is 5.11 Å². The fourth-order valence-electron chi connectivity index (χ4n) is 0.828. The molecule has 0 aliphatic rings. The van der Waals surface area contributed by atoms with Gasteiger partial charge in [-0.1, -0.05) is 6.58 Å². The minimum Gasteiger partial charge on any atom is -0.481 e. The third-order valence-electron chi connectivity index (χ3n) is 1.34. The maximum absolute atomic E-state index is 10.2. The fourth-order valence-corrected chi connectivity index (χ4v) is 0.828. The molecule has 1 heterocycles.